The number of nitrogens with zero attached hydrogens (tertiary/aromatic N) is 2. The molecule has 3 heterocycles. The van der Waals surface area contributed by atoms with Crippen molar-refractivity contribution in [3.63, 3.8) is 0 Å². The summed E-state index contributed by atoms with van der Waals surface area (Å²) in [5, 5.41) is 18.0. The molecule has 192 valence electrons. The first-order valence-corrected chi connectivity index (χ1v) is 12.2. The summed E-state index contributed by atoms with van der Waals surface area (Å²) in [5.74, 6) is 1.11. The molecule has 0 unspecified atom stereocenters. The number of benzene rings is 1. The second-order valence-electron chi connectivity index (χ2n) is 10.3. The molecule has 0 spiro atoms. The quantitative estimate of drug-likeness (QED) is 0.401. The molecule has 0 bridgehead atoms. The zero-order chi connectivity index (χ0) is 25.5. The first-order chi connectivity index (χ1) is 17.3. The minimum absolute atomic E-state index is 0.0834. The van der Waals surface area contributed by atoms with Gasteiger partial charge in [-0.25, -0.2) is 9.59 Å². The number of hydrogen-bond acceptors (Lipinski definition) is 8. The first kappa shape index (κ1) is 24.5. The first-order valence-electron chi connectivity index (χ1n) is 12.2. The summed E-state index contributed by atoms with van der Waals surface area (Å²) in [6, 6.07) is 7.85. The van der Waals surface area contributed by atoms with E-state index in [0.29, 0.717) is 44.6 Å². The predicted octanol–water partition coefficient (Wildman–Crippen LogP) is 3.00. The SMILES string of the molecule is COCCOC[C@H]1C[C@]1(C1=NOC(=C=O)N1)n1c(C(=O)O)cc2cc([C@H]3CCOC(C)(C)C3)ccc21. The highest BCUT2D eigenvalue weighted by atomic mass is 16.7. The van der Waals surface area contributed by atoms with Crippen LogP contribution >= 0.6 is 0 Å². The highest BCUT2D eigenvalue weighted by Crippen LogP contribution is 2.54. The van der Waals surface area contributed by atoms with E-state index in [1.165, 1.54) is 5.56 Å². The Morgan fingerprint density at radius 1 is 1.31 bits per heavy atom. The van der Waals surface area contributed by atoms with Gasteiger partial charge in [-0.2, -0.15) is 0 Å². The van der Waals surface area contributed by atoms with Gasteiger partial charge in [-0.15, -0.1) is 0 Å². The number of fused-ring (bicyclic) bond motifs is 1. The van der Waals surface area contributed by atoms with Gasteiger partial charge in [0.2, 0.25) is 0 Å². The van der Waals surface area contributed by atoms with Crippen molar-refractivity contribution in [3.8, 4) is 0 Å². The largest absolute Gasteiger partial charge is 0.477 e. The van der Waals surface area contributed by atoms with Crippen LogP contribution in [-0.2, 0) is 29.4 Å². The fraction of sp³-hybridized carbons (Fsp3) is 0.538. The van der Waals surface area contributed by atoms with E-state index >= 15 is 0 Å². The maximum atomic E-state index is 12.4. The molecule has 10 nitrogen and oxygen atoms in total. The summed E-state index contributed by atoms with van der Waals surface area (Å²) in [4.78, 5) is 28.7. The molecule has 3 atom stereocenters. The molecule has 2 N–H and O–H groups in total. The maximum Gasteiger partial charge on any atom is 0.352 e. The molecule has 10 heteroatoms. The van der Waals surface area contributed by atoms with E-state index in [4.69, 9.17) is 19.0 Å². The number of aromatic carboxylic acids is 1. The average Bonchev–Trinajstić information content (AvgIpc) is 3.19. The van der Waals surface area contributed by atoms with E-state index in [0.717, 1.165) is 23.7 Å². The lowest BCUT2D eigenvalue weighted by atomic mass is 9.83. The third-order valence-electron chi connectivity index (χ3n) is 7.40. The lowest BCUT2D eigenvalue weighted by Gasteiger charge is -2.35. The molecule has 5 rings (SSSR count). The number of oxime groups is 1. The number of hydrogen-bond donors (Lipinski definition) is 2. The molecule has 2 aromatic rings. The molecule has 1 saturated heterocycles. The zero-order valence-corrected chi connectivity index (χ0v) is 20.7. The van der Waals surface area contributed by atoms with E-state index in [2.05, 4.69) is 36.5 Å². The van der Waals surface area contributed by atoms with Crippen LogP contribution in [0.15, 0.2) is 35.3 Å². The maximum absolute atomic E-state index is 12.4. The second-order valence-corrected chi connectivity index (χ2v) is 10.3. The molecule has 2 aliphatic heterocycles. The number of amidine groups is 1. The number of ether oxygens (including phenoxy) is 3. The van der Waals surface area contributed by atoms with E-state index in [1.807, 2.05) is 6.07 Å². The van der Waals surface area contributed by atoms with Crippen LogP contribution in [0.1, 0.15) is 55.1 Å². The van der Waals surface area contributed by atoms with Crippen molar-refractivity contribution in [1.29, 1.82) is 0 Å². The summed E-state index contributed by atoms with van der Waals surface area (Å²) in [7, 11) is 1.60. The van der Waals surface area contributed by atoms with Gasteiger partial charge < -0.3 is 28.7 Å². The van der Waals surface area contributed by atoms with Crippen LogP contribution in [0.5, 0.6) is 0 Å². The van der Waals surface area contributed by atoms with Crippen LogP contribution in [0.3, 0.4) is 0 Å². The van der Waals surface area contributed by atoms with Crippen LogP contribution in [0.25, 0.3) is 10.9 Å². The average molecular weight is 498 g/mol. The van der Waals surface area contributed by atoms with Crippen molar-refractivity contribution >= 4 is 28.6 Å². The van der Waals surface area contributed by atoms with Crippen LogP contribution < -0.4 is 5.32 Å². The fourth-order valence-electron chi connectivity index (χ4n) is 5.62. The van der Waals surface area contributed by atoms with Crippen LogP contribution in [0.2, 0.25) is 0 Å². The standard InChI is InChI=1S/C26H31N3O7/c1-25(2)12-17(6-7-35-25)16-4-5-20-18(10-16)11-21(23(31)32)29(20)26(24-27-22(14-30)36-28-24)13-19(26)15-34-9-8-33-3/h4-5,10-11,17,19H,6-9,12-13,15H2,1-3H3,(H,27,28)(H,31,32)/t17-,19+,26-/m0/s1. The van der Waals surface area contributed by atoms with Gasteiger partial charge in [-0.3, -0.25) is 5.32 Å². The van der Waals surface area contributed by atoms with Crippen LogP contribution in [-0.4, -0.2) is 66.6 Å². The minimum atomic E-state index is -1.05. The summed E-state index contributed by atoms with van der Waals surface area (Å²) in [6.07, 6.45) is 2.39. The third-order valence-corrected chi connectivity index (χ3v) is 7.40. The Morgan fingerprint density at radius 3 is 2.83 bits per heavy atom. The van der Waals surface area contributed by atoms with Crippen molar-refractivity contribution in [3.05, 3.63) is 41.4 Å². The molecular formula is C26H31N3O7. The molecule has 0 radical (unpaired) electrons. The van der Waals surface area contributed by atoms with Gasteiger partial charge in [0.15, 0.2) is 11.8 Å². The summed E-state index contributed by atoms with van der Waals surface area (Å²) < 4.78 is 18.5. The van der Waals surface area contributed by atoms with Gasteiger partial charge in [-0.1, -0.05) is 11.2 Å². The van der Waals surface area contributed by atoms with E-state index < -0.39 is 11.5 Å². The molecule has 1 aliphatic carbocycles. The number of carboxylic acid groups (broad SMARTS) is 1. The lowest BCUT2D eigenvalue weighted by molar-refractivity contribution is -0.0592. The van der Waals surface area contributed by atoms with Gasteiger partial charge in [0.05, 0.1) is 25.4 Å². The molecule has 1 aromatic carbocycles. The van der Waals surface area contributed by atoms with Crippen molar-refractivity contribution in [2.75, 3.05) is 33.5 Å². The van der Waals surface area contributed by atoms with Gasteiger partial charge >= 0.3 is 11.9 Å². The minimum Gasteiger partial charge on any atom is -0.477 e. The number of nitrogens with one attached hydrogen (secondary N) is 1. The van der Waals surface area contributed by atoms with Crippen molar-refractivity contribution in [2.24, 2.45) is 11.1 Å². The van der Waals surface area contributed by atoms with E-state index in [1.54, 1.807) is 23.7 Å². The summed E-state index contributed by atoms with van der Waals surface area (Å²) >= 11 is 0. The Bertz CT molecular complexity index is 1260. The van der Waals surface area contributed by atoms with Crippen LogP contribution in [0, 0.1) is 5.92 Å². The molecular weight excluding hydrogens is 466 g/mol. The number of carboxylic acids is 1. The fourth-order valence-corrected chi connectivity index (χ4v) is 5.62. The molecule has 1 saturated carbocycles. The Kier molecular flexibility index (Phi) is 6.38. The molecule has 1 aromatic heterocycles. The van der Waals surface area contributed by atoms with Gasteiger partial charge in [0.25, 0.3) is 0 Å². The Hall–Kier alpha value is -3.17. The van der Waals surface area contributed by atoms with E-state index in [9.17, 15) is 14.7 Å². The van der Waals surface area contributed by atoms with Gasteiger partial charge in [-0.05, 0) is 62.8 Å². The van der Waals surface area contributed by atoms with E-state index in [-0.39, 0.29) is 23.1 Å². The number of methoxy groups -OCH3 is 1. The monoisotopic (exact) mass is 497 g/mol. The highest BCUT2D eigenvalue weighted by molar-refractivity contribution is 6.01. The van der Waals surface area contributed by atoms with Crippen molar-refractivity contribution in [2.45, 2.75) is 50.2 Å². The topological polar surface area (TPSA) is 121 Å². The van der Waals surface area contributed by atoms with Gasteiger partial charge in [0.1, 0.15) is 11.2 Å². The van der Waals surface area contributed by atoms with Crippen molar-refractivity contribution < 1.29 is 33.7 Å². The predicted molar refractivity (Wildman–Crippen MR) is 131 cm³/mol. The molecule has 0 amide bonds. The van der Waals surface area contributed by atoms with Gasteiger partial charge in [0, 0.05) is 30.5 Å². The molecule has 3 aliphatic rings. The third kappa shape index (κ3) is 4.30. The second kappa shape index (κ2) is 9.37. The molecule has 36 heavy (non-hydrogen) atoms. The Balaban J connectivity index is 1.55. The Labute approximate surface area is 208 Å². The number of rotatable bonds is 9. The number of carbonyl (C=O) groups is 1. The molecule has 2 fully saturated rings. The smallest absolute Gasteiger partial charge is 0.352 e. The lowest BCUT2D eigenvalue weighted by Crippen LogP contribution is -2.39. The Morgan fingerprint density at radius 2 is 2.14 bits per heavy atom. The number of aromatic nitrogens is 1. The summed E-state index contributed by atoms with van der Waals surface area (Å²) in [6.45, 7) is 6.14. The normalized spacial score (nSPS) is 26.8. The summed E-state index contributed by atoms with van der Waals surface area (Å²) in [5.41, 5.74) is 1.03. The number of carbonyl (C=O) groups excluding carboxylic acids is 1. The zero-order valence-electron chi connectivity index (χ0n) is 20.7. The van der Waals surface area contributed by atoms with Crippen molar-refractivity contribution in [1.82, 2.24) is 9.88 Å². The van der Waals surface area contributed by atoms with Crippen LogP contribution in [0.4, 0.5) is 0 Å². The highest BCUT2D eigenvalue weighted by Gasteiger charge is 2.63.